The molecule has 0 saturated heterocycles. The number of rotatable bonds is 7. The molecular weight excluding hydrogens is 446 g/mol. The van der Waals surface area contributed by atoms with Gasteiger partial charge in [-0.3, -0.25) is 9.59 Å². The van der Waals surface area contributed by atoms with Crippen molar-refractivity contribution in [3.05, 3.63) is 99.4 Å². The van der Waals surface area contributed by atoms with Crippen LogP contribution in [-0.2, 0) is 13.1 Å². The topological polar surface area (TPSA) is 84.2 Å². The van der Waals surface area contributed by atoms with Crippen LogP contribution < -0.4 is 10.6 Å². The maximum absolute atomic E-state index is 12.7. The Hall–Kier alpha value is -3.42. The Morgan fingerprint density at radius 1 is 1.00 bits per heavy atom. The lowest BCUT2D eigenvalue weighted by molar-refractivity contribution is 0.0944. The molecule has 8 heteroatoms. The van der Waals surface area contributed by atoms with Gasteiger partial charge >= 0.3 is 0 Å². The molecule has 2 aromatic carbocycles. The van der Waals surface area contributed by atoms with Crippen molar-refractivity contribution in [3.63, 3.8) is 0 Å². The smallest absolute Gasteiger partial charge is 0.263 e. The first-order chi connectivity index (χ1) is 15.5. The SMILES string of the molecule is Cc1nc(-c2ccc(Cl)cc2)sc1C(=O)NCc1cccc(C(=O)NCc2ccco2)c1. The number of furan rings is 1. The van der Waals surface area contributed by atoms with Crippen molar-refractivity contribution < 1.29 is 14.0 Å². The van der Waals surface area contributed by atoms with Crippen LogP contribution in [0.2, 0.25) is 5.02 Å². The molecule has 2 N–H and O–H groups in total. The Balaban J connectivity index is 1.38. The molecule has 0 bridgehead atoms. The summed E-state index contributed by atoms with van der Waals surface area (Å²) < 4.78 is 5.22. The van der Waals surface area contributed by atoms with Gasteiger partial charge < -0.3 is 15.1 Å². The van der Waals surface area contributed by atoms with Gasteiger partial charge in [-0.2, -0.15) is 0 Å². The van der Waals surface area contributed by atoms with E-state index in [4.69, 9.17) is 16.0 Å². The molecule has 162 valence electrons. The molecule has 6 nitrogen and oxygen atoms in total. The van der Waals surface area contributed by atoms with E-state index >= 15 is 0 Å². The van der Waals surface area contributed by atoms with Gasteiger partial charge in [0.25, 0.3) is 11.8 Å². The Kier molecular flexibility index (Phi) is 6.68. The van der Waals surface area contributed by atoms with Gasteiger partial charge in [0.05, 0.1) is 18.5 Å². The highest BCUT2D eigenvalue weighted by Gasteiger charge is 2.16. The summed E-state index contributed by atoms with van der Waals surface area (Å²) in [7, 11) is 0. The van der Waals surface area contributed by atoms with E-state index in [1.165, 1.54) is 11.3 Å². The second kappa shape index (κ2) is 9.80. The van der Waals surface area contributed by atoms with Crippen LogP contribution in [0.1, 0.15) is 37.0 Å². The number of hydrogen-bond donors (Lipinski definition) is 2. The van der Waals surface area contributed by atoms with Gasteiger partial charge in [0.15, 0.2) is 0 Å². The lowest BCUT2D eigenvalue weighted by Crippen LogP contribution is -2.24. The van der Waals surface area contributed by atoms with Gasteiger partial charge in [0.2, 0.25) is 0 Å². The molecule has 0 fully saturated rings. The molecule has 0 radical (unpaired) electrons. The van der Waals surface area contributed by atoms with Crippen molar-refractivity contribution in [3.8, 4) is 10.6 Å². The second-order valence-corrected chi connectivity index (χ2v) is 8.52. The van der Waals surface area contributed by atoms with Crippen LogP contribution in [0, 0.1) is 6.92 Å². The van der Waals surface area contributed by atoms with Gasteiger partial charge in [-0.1, -0.05) is 35.9 Å². The minimum atomic E-state index is -0.208. The Morgan fingerprint density at radius 2 is 1.78 bits per heavy atom. The zero-order valence-electron chi connectivity index (χ0n) is 17.2. The third kappa shape index (κ3) is 5.25. The standard InChI is InChI=1S/C24H20ClN3O3S/c1-15-21(32-24(28-15)17-7-9-19(25)10-8-17)23(30)26-13-16-4-2-5-18(12-16)22(29)27-14-20-6-3-11-31-20/h2-12H,13-14H2,1H3,(H,26,30)(H,27,29). The molecule has 4 aromatic rings. The van der Waals surface area contributed by atoms with E-state index in [0.717, 1.165) is 16.1 Å². The molecule has 0 aliphatic carbocycles. The maximum Gasteiger partial charge on any atom is 0.263 e. The number of amides is 2. The highest BCUT2D eigenvalue weighted by Crippen LogP contribution is 2.28. The van der Waals surface area contributed by atoms with Crippen LogP contribution in [0.5, 0.6) is 0 Å². The molecule has 0 atom stereocenters. The predicted octanol–water partition coefficient (Wildman–Crippen LogP) is 5.22. The normalized spacial score (nSPS) is 10.7. The number of carbonyl (C=O) groups excluding carboxylic acids is 2. The molecule has 0 unspecified atom stereocenters. The van der Waals surface area contributed by atoms with E-state index in [1.54, 1.807) is 48.7 Å². The van der Waals surface area contributed by atoms with Crippen LogP contribution in [0.25, 0.3) is 10.6 Å². The summed E-state index contributed by atoms with van der Waals surface area (Å²) in [5.74, 6) is 0.271. The number of benzene rings is 2. The minimum Gasteiger partial charge on any atom is -0.467 e. The summed E-state index contributed by atoms with van der Waals surface area (Å²) in [4.78, 5) is 30.2. The van der Waals surface area contributed by atoms with E-state index in [9.17, 15) is 9.59 Å². The average Bonchev–Trinajstić information content (AvgIpc) is 3.46. The zero-order chi connectivity index (χ0) is 22.5. The molecule has 2 heterocycles. The van der Waals surface area contributed by atoms with Crippen LogP contribution in [-0.4, -0.2) is 16.8 Å². The van der Waals surface area contributed by atoms with Crippen LogP contribution in [0.15, 0.2) is 71.3 Å². The summed E-state index contributed by atoms with van der Waals surface area (Å²) in [5.41, 5.74) is 2.92. The molecule has 0 saturated carbocycles. The molecule has 0 spiro atoms. The van der Waals surface area contributed by atoms with Gasteiger partial charge in [-0.25, -0.2) is 4.98 Å². The minimum absolute atomic E-state index is 0.201. The predicted molar refractivity (Wildman–Crippen MR) is 125 cm³/mol. The van der Waals surface area contributed by atoms with Crippen molar-refractivity contribution in [2.75, 3.05) is 0 Å². The van der Waals surface area contributed by atoms with Crippen LogP contribution >= 0.6 is 22.9 Å². The number of aryl methyl sites for hydroxylation is 1. The molecule has 0 aliphatic heterocycles. The lowest BCUT2D eigenvalue weighted by Gasteiger charge is -2.07. The first kappa shape index (κ1) is 21.8. The van der Waals surface area contributed by atoms with Crippen molar-refractivity contribution in [2.45, 2.75) is 20.0 Å². The van der Waals surface area contributed by atoms with E-state index in [0.29, 0.717) is 40.0 Å². The van der Waals surface area contributed by atoms with Crippen molar-refractivity contribution in [1.82, 2.24) is 15.6 Å². The van der Waals surface area contributed by atoms with E-state index in [-0.39, 0.29) is 11.8 Å². The van der Waals surface area contributed by atoms with Crippen molar-refractivity contribution in [2.24, 2.45) is 0 Å². The Morgan fingerprint density at radius 3 is 2.53 bits per heavy atom. The number of aromatic nitrogens is 1. The highest BCUT2D eigenvalue weighted by atomic mass is 35.5. The number of halogens is 1. The van der Waals surface area contributed by atoms with Crippen LogP contribution in [0.3, 0.4) is 0 Å². The van der Waals surface area contributed by atoms with Gasteiger partial charge in [0.1, 0.15) is 15.6 Å². The number of thiazole rings is 1. The number of nitrogens with zero attached hydrogens (tertiary/aromatic N) is 1. The van der Waals surface area contributed by atoms with Crippen LogP contribution in [0.4, 0.5) is 0 Å². The summed E-state index contributed by atoms with van der Waals surface area (Å²) >= 11 is 7.28. The maximum atomic E-state index is 12.7. The fraction of sp³-hybridized carbons (Fsp3) is 0.125. The van der Waals surface area contributed by atoms with E-state index < -0.39 is 0 Å². The Bertz CT molecular complexity index is 1230. The molecule has 0 aliphatic rings. The first-order valence-corrected chi connectivity index (χ1v) is 11.1. The van der Waals surface area contributed by atoms with E-state index in [1.807, 2.05) is 25.1 Å². The van der Waals surface area contributed by atoms with Crippen molar-refractivity contribution >= 4 is 34.8 Å². The fourth-order valence-electron chi connectivity index (χ4n) is 3.09. The summed E-state index contributed by atoms with van der Waals surface area (Å²) in [6.07, 6.45) is 1.56. The quantitative estimate of drug-likeness (QED) is 0.391. The fourth-order valence-corrected chi connectivity index (χ4v) is 4.20. The highest BCUT2D eigenvalue weighted by molar-refractivity contribution is 7.17. The largest absolute Gasteiger partial charge is 0.467 e. The van der Waals surface area contributed by atoms with E-state index in [2.05, 4.69) is 15.6 Å². The summed E-state index contributed by atoms with van der Waals surface area (Å²) in [5, 5.41) is 7.14. The summed E-state index contributed by atoms with van der Waals surface area (Å²) in [6, 6.07) is 18.1. The molecular formula is C24H20ClN3O3S. The third-order valence-electron chi connectivity index (χ3n) is 4.74. The number of carbonyl (C=O) groups is 2. The van der Waals surface area contributed by atoms with Gasteiger partial charge in [0, 0.05) is 22.7 Å². The second-order valence-electron chi connectivity index (χ2n) is 7.09. The summed E-state index contributed by atoms with van der Waals surface area (Å²) in [6.45, 7) is 2.42. The third-order valence-corrected chi connectivity index (χ3v) is 6.20. The number of nitrogens with one attached hydrogen (secondary N) is 2. The zero-order valence-corrected chi connectivity index (χ0v) is 18.8. The Labute approximate surface area is 194 Å². The first-order valence-electron chi connectivity index (χ1n) is 9.90. The molecule has 32 heavy (non-hydrogen) atoms. The lowest BCUT2D eigenvalue weighted by atomic mass is 10.1. The molecule has 4 rings (SSSR count). The van der Waals surface area contributed by atoms with Gasteiger partial charge in [-0.05, 0) is 48.9 Å². The molecule has 2 aromatic heterocycles. The number of hydrogen-bond acceptors (Lipinski definition) is 5. The van der Waals surface area contributed by atoms with Gasteiger partial charge in [-0.15, -0.1) is 11.3 Å². The molecule has 2 amide bonds. The monoisotopic (exact) mass is 465 g/mol. The average molecular weight is 466 g/mol. The van der Waals surface area contributed by atoms with Crippen molar-refractivity contribution in [1.29, 1.82) is 0 Å².